The normalized spacial score (nSPS) is 14.0. The van der Waals surface area contributed by atoms with Crippen LogP contribution in [-0.2, 0) is 10.8 Å². The zero-order valence-electron chi connectivity index (χ0n) is 30.9. The third-order valence-electron chi connectivity index (χ3n) is 12.8. The van der Waals surface area contributed by atoms with E-state index in [0.717, 1.165) is 0 Å². The molecule has 3 heteroatoms. The summed E-state index contributed by atoms with van der Waals surface area (Å²) >= 11 is 0. The molecule has 9 aromatic rings. The van der Waals surface area contributed by atoms with Crippen LogP contribution in [0, 0.1) is 6.92 Å². The molecule has 2 aromatic heterocycles. The minimum Gasteiger partial charge on any atom is -0.310 e. The molecule has 0 fully saturated rings. The maximum atomic E-state index is 2.65. The highest BCUT2D eigenvalue weighted by molar-refractivity contribution is 7.00. The van der Waals surface area contributed by atoms with Gasteiger partial charge in [0.2, 0.25) is 0 Å². The van der Waals surface area contributed by atoms with Crippen molar-refractivity contribution in [1.29, 1.82) is 0 Å². The number of aromatic nitrogens is 2. The molecule has 2 aliphatic heterocycles. The summed E-state index contributed by atoms with van der Waals surface area (Å²) in [7, 11) is 0. The highest BCUT2D eigenvalue weighted by Crippen LogP contribution is 2.50. The van der Waals surface area contributed by atoms with Crippen molar-refractivity contribution in [2.24, 2.45) is 0 Å². The lowest BCUT2D eigenvalue weighted by molar-refractivity contribution is 0.590. The number of hydrogen-bond acceptors (Lipinski definition) is 0. The molecule has 0 N–H and O–H groups in total. The molecule has 0 unspecified atom stereocenters. The second-order valence-corrected chi connectivity index (χ2v) is 17.8. The molecule has 3 aliphatic rings. The maximum absolute atomic E-state index is 2.65. The topological polar surface area (TPSA) is 9.86 Å². The van der Waals surface area contributed by atoms with Crippen LogP contribution in [0.25, 0.3) is 88.0 Å². The lowest BCUT2D eigenvalue weighted by atomic mass is 9.34. The van der Waals surface area contributed by atoms with E-state index in [1.165, 1.54) is 121 Å². The van der Waals surface area contributed by atoms with E-state index in [2.05, 4.69) is 167 Å². The Hall–Kier alpha value is -5.54. The average molecular weight is 667 g/mol. The number of aryl methyl sites for hydroxylation is 1. The summed E-state index contributed by atoms with van der Waals surface area (Å²) in [5.74, 6) is 0. The molecule has 1 aliphatic carbocycles. The number of hydrogen-bond donors (Lipinski definition) is 0. The second kappa shape index (κ2) is 9.09. The molecule has 0 bridgehead atoms. The first-order chi connectivity index (χ1) is 25.0. The first kappa shape index (κ1) is 29.1. The molecule has 0 saturated carbocycles. The van der Waals surface area contributed by atoms with Crippen LogP contribution in [0.1, 0.15) is 58.2 Å². The van der Waals surface area contributed by atoms with Crippen molar-refractivity contribution in [1.82, 2.24) is 9.13 Å². The van der Waals surface area contributed by atoms with Gasteiger partial charge in [0, 0.05) is 38.4 Å². The molecular formula is C49H39BN2. The van der Waals surface area contributed by atoms with E-state index in [4.69, 9.17) is 0 Å². The SMILES string of the molecule is Cc1cc2c3c(c1)-n1c4ccc5cccc6c5c4c4c(ccc(c41)B3c1cc(C(C)(C)C)cc3c4cc(C(C)(C)C)ccc4n-2c13)-c1ccccc1-6. The molecular weight excluding hydrogens is 627 g/mol. The number of fused-ring (bicyclic) bond motifs is 11. The van der Waals surface area contributed by atoms with Gasteiger partial charge < -0.3 is 9.13 Å². The Morgan fingerprint density at radius 2 is 1.13 bits per heavy atom. The lowest BCUT2D eigenvalue weighted by Crippen LogP contribution is -2.59. The van der Waals surface area contributed by atoms with Crippen molar-refractivity contribution < 1.29 is 0 Å². The number of benzene rings is 7. The molecule has 0 saturated heterocycles. The summed E-state index contributed by atoms with van der Waals surface area (Å²) < 4.78 is 5.27. The maximum Gasteiger partial charge on any atom is 0.252 e. The van der Waals surface area contributed by atoms with Crippen molar-refractivity contribution in [2.45, 2.75) is 59.3 Å². The first-order valence-corrected chi connectivity index (χ1v) is 18.9. The van der Waals surface area contributed by atoms with Gasteiger partial charge in [-0.25, -0.2) is 0 Å². The summed E-state index contributed by atoms with van der Waals surface area (Å²) in [6, 6.07) is 42.9. The summed E-state index contributed by atoms with van der Waals surface area (Å²) in [6.07, 6.45) is 0. The molecule has 0 atom stereocenters. The van der Waals surface area contributed by atoms with Crippen molar-refractivity contribution in [3.8, 4) is 33.6 Å². The molecule has 0 spiro atoms. The van der Waals surface area contributed by atoms with Crippen LogP contribution in [0.5, 0.6) is 0 Å². The molecule has 248 valence electrons. The van der Waals surface area contributed by atoms with E-state index in [9.17, 15) is 0 Å². The molecule has 4 heterocycles. The van der Waals surface area contributed by atoms with Crippen LogP contribution in [0.15, 0.2) is 109 Å². The Kier molecular flexibility index (Phi) is 5.08. The summed E-state index contributed by atoms with van der Waals surface area (Å²) in [5.41, 5.74) is 21.7. The largest absolute Gasteiger partial charge is 0.310 e. The van der Waals surface area contributed by atoms with Crippen molar-refractivity contribution in [3.63, 3.8) is 0 Å². The van der Waals surface area contributed by atoms with Gasteiger partial charge in [0.25, 0.3) is 6.71 Å². The number of rotatable bonds is 0. The van der Waals surface area contributed by atoms with Crippen molar-refractivity contribution in [3.05, 3.63) is 126 Å². The van der Waals surface area contributed by atoms with Crippen molar-refractivity contribution >= 4 is 77.5 Å². The third kappa shape index (κ3) is 3.35. The molecule has 12 rings (SSSR count). The Bertz CT molecular complexity index is 3150. The van der Waals surface area contributed by atoms with E-state index in [1.807, 2.05) is 0 Å². The zero-order chi connectivity index (χ0) is 35.2. The quantitative estimate of drug-likeness (QED) is 0.143. The van der Waals surface area contributed by atoms with E-state index < -0.39 is 0 Å². The molecule has 7 aromatic carbocycles. The fraction of sp³-hybridized carbons (Fsp3) is 0.184. The third-order valence-corrected chi connectivity index (χ3v) is 12.8. The fourth-order valence-electron chi connectivity index (χ4n) is 10.4. The van der Waals surface area contributed by atoms with Gasteiger partial charge in [0.15, 0.2) is 0 Å². The van der Waals surface area contributed by atoms with Crippen LogP contribution in [0.4, 0.5) is 0 Å². The van der Waals surface area contributed by atoms with Gasteiger partial charge in [0.05, 0.1) is 16.6 Å². The summed E-state index contributed by atoms with van der Waals surface area (Å²) in [4.78, 5) is 0. The Labute approximate surface area is 304 Å². The molecule has 0 amide bonds. The highest BCUT2D eigenvalue weighted by atomic mass is 15.0. The van der Waals surface area contributed by atoms with E-state index in [-0.39, 0.29) is 17.5 Å². The minimum atomic E-state index is -0.00233. The molecule has 52 heavy (non-hydrogen) atoms. The summed E-state index contributed by atoms with van der Waals surface area (Å²) in [6.45, 7) is 16.5. The molecule has 2 nitrogen and oxygen atoms in total. The van der Waals surface area contributed by atoms with Gasteiger partial charge in [0.1, 0.15) is 0 Å². The van der Waals surface area contributed by atoms with Gasteiger partial charge in [-0.1, -0.05) is 114 Å². The monoisotopic (exact) mass is 666 g/mol. The fourth-order valence-corrected chi connectivity index (χ4v) is 10.4. The van der Waals surface area contributed by atoms with Crippen LogP contribution in [-0.4, -0.2) is 15.8 Å². The van der Waals surface area contributed by atoms with E-state index in [1.54, 1.807) is 0 Å². The van der Waals surface area contributed by atoms with Crippen LogP contribution in [0.2, 0.25) is 0 Å². The average Bonchev–Trinajstić information content (AvgIpc) is 3.61. The molecule has 0 radical (unpaired) electrons. The van der Waals surface area contributed by atoms with Gasteiger partial charge in [-0.15, -0.1) is 0 Å². The Morgan fingerprint density at radius 3 is 1.87 bits per heavy atom. The van der Waals surface area contributed by atoms with Crippen LogP contribution >= 0.6 is 0 Å². The van der Waals surface area contributed by atoms with Gasteiger partial charge in [-0.05, 0) is 120 Å². The Morgan fingerprint density at radius 1 is 0.481 bits per heavy atom. The second-order valence-electron chi connectivity index (χ2n) is 17.8. The highest BCUT2D eigenvalue weighted by Gasteiger charge is 2.42. The Balaban J connectivity index is 1.32. The van der Waals surface area contributed by atoms with E-state index >= 15 is 0 Å². The smallest absolute Gasteiger partial charge is 0.252 e. The first-order valence-electron chi connectivity index (χ1n) is 18.9. The van der Waals surface area contributed by atoms with Gasteiger partial charge in [-0.2, -0.15) is 0 Å². The van der Waals surface area contributed by atoms with E-state index in [0.29, 0.717) is 0 Å². The standard InChI is InChI=1S/C49H39BN2/c1-26-21-40-45-41(22-26)52-39-19-15-27-11-10-14-32-30-12-8-9-13-31(30)33-17-18-36(47(52)43(33)44(39)42(27)32)50(45)37-25-29(49(5,6)7)24-35-34-23-28(48(2,3)4)16-20-38(34)51(40)46(35)37/h8-25H,1-7H3. The zero-order valence-corrected chi connectivity index (χ0v) is 30.9. The van der Waals surface area contributed by atoms with Crippen LogP contribution in [0.3, 0.4) is 0 Å². The predicted molar refractivity (Wildman–Crippen MR) is 224 cm³/mol. The van der Waals surface area contributed by atoms with Crippen LogP contribution < -0.4 is 16.4 Å². The van der Waals surface area contributed by atoms with Crippen molar-refractivity contribution in [2.75, 3.05) is 0 Å². The summed E-state index contributed by atoms with van der Waals surface area (Å²) in [5, 5.41) is 8.19. The number of nitrogens with zero attached hydrogens (tertiary/aromatic N) is 2. The predicted octanol–water partition coefficient (Wildman–Crippen LogP) is 10.7. The van der Waals surface area contributed by atoms with Gasteiger partial charge in [-0.3, -0.25) is 0 Å². The van der Waals surface area contributed by atoms with Gasteiger partial charge >= 0.3 is 0 Å². The minimum absolute atomic E-state index is 0.00233. The lowest BCUT2D eigenvalue weighted by Gasteiger charge is -2.35.